The first kappa shape index (κ1) is 82.2. The van der Waals surface area contributed by atoms with E-state index in [-0.39, 0.29) is 10.8 Å². The molecule has 11 heterocycles. The second-order valence-electron chi connectivity index (χ2n) is 32.6. The average Bonchev–Trinajstić information content (AvgIpc) is 0.695. The van der Waals surface area contributed by atoms with Crippen LogP contribution in [-0.2, 0) is 17.3 Å². The molecule has 0 unspecified atom stereocenters. The molecule has 0 bridgehead atoms. The van der Waals surface area contributed by atoms with Crippen molar-refractivity contribution in [2.24, 2.45) is 0 Å². The monoisotopic (exact) mass is 1930 g/mol. The van der Waals surface area contributed by atoms with E-state index in [1.54, 1.807) is 46.8 Å². The number of hydrogen-bond acceptors (Lipinski definition) is 6. The maximum absolute atomic E-state index is 4.74. The maximum atomic E-state index is 4.74. The van der Waals surface area contributed by atoms with Crippen molar-refractivity contribution in [2.45, 2.75) is 141 Å². The minimum atomic E-state index is -2.32. The molecule has 9 aromatic carbocycles. The van der Waals surface area contributed by atoms with Gasteiger partial charge in [0.1, 0.15) is 0 Å². The van der Waals surface area contributed by atoms with E-state index < -0.39 is 16.1 Å². The summed E-state index contributed by atoms with van der Waals surface area (Å²) in [5, 5.41) is 9.16. The topological polar surface area (TPSA) is 67.7 Å². The third-order valence-corrected chi connectivity index (χ3v) is 51.8. The number of pyridine rings is 5. The van der Waals surface area contributed by atoms with Crippen LogP contribution in [0.15, 0.2) is 249 Å². The predicted octanol–water partition coefficient (Wildman–Crippen LogP) is 8.82. The van der Waals surface area contributed by atoms with Gasteiger partial charge < -0.3 is 0 Å². The van der Waals surface area contributed by atoms with Crippen LogP contribution in [0.3, 0.4) is 0 Å². The van der Waals surface area contributed by atoms with E-state index in [1.165, 1.54) is 144 Å². The summed E-state index contributed by atoms with van der Waals surface area (Å²) in [6.07, 6.45) is 10.7. The Morgan fingerprint density at radius 2 is 0.643 bits per heavy atom. The van der Waals surface area contributed by atoms with Crippen LogP contribution < -0.4 is 89.7 Å². The number of fused-ring (bicyclic) bond motifs is 12. The number of benzene rings is 9. The van der Waals surface area contributed by atoms with Gasteiger partial charge in [-0.15, -0.1) is 0 Å². The summed E-state index contributed by atoms with van der Waals surface area (Å²) in [6, 6.07) is 80.4. The van der Waals surface area contributed by atoms with Crippen molar-refractivity contribution in [2.75, 3.05) is 11.9 Å². The van der Waals surface area contributed by atoms with Crippen LogP contribution >= 0.6 is 0 Å². The van der Waals surface area contributed by atoms with Crippen molar-refractivity contribution in [3.63, 3.8) is 0 Å². The van der Waals surface area contributed by atoms with Crippen LogP contribution in [-0.4, -0.2) is 138 Å². The van der Waals surface area contributed by atoms with Crippen molar-refractivity contribution < 1.29 is 0 Å². The molecule has 0 amide bonds. The van der Waals surface area contributed by atoms with E-state index in [4.69, 9.17) is 4.98 Å². The second kappa shape index (κ2) is 33.8. The number of hydrogen-bond donors (Lipinski definition) is 0. The molecule has 14 heteroatoms. The summed E-state index contributed by atoms with van der Waals surface area (Å²) in [7, 11) is -1.80. The van der Waals surface area contributed by atoms with Gasteiger partial charge in [-0.2, -0.15) is 0 Å². The van der Waals surface area contributed by atoms with Crippen LogP contribution in [0.5, 0.6) is 0 Å². The Hall–Kier alpha value is -7.92. The zero-order chi connectivity index (χ0) is 81.0. The molecule has 0 saturated heterocycles. The molecule has 5 aromatic heterocycles. The van der Waals surface area contributed by atoms with Crippen molar-refractivity contribution in [1.29, 1.82) is 0 Å². The van der Waals surface area contributed by atoms with Crippen molar-refractivity contribution in [1.82, 2.24) is 24.9 Å². The fraction of sp³-hybridized carbons (Fsp3) is 0.218. The van der Waals surface area contributed by atoms with Gasteiger partial charge in [-0.25, -0.2) is 0 Å². The van der Waals surface area contributed by atoms with Crippen molar-refractivity contribution >= 4 is 202 Å². The Bertz CT molecular complexity index is 5460. The predicted molar refractivity (Wildman–Crippen MR) is 502 cm³/mol. The number of anilines is 2. The first-order valence-corrected chi connectivity index (χ1v) is 54.9. The van der Waals surface area contributed by atoms with Crippen LogP contribution in [0.4, 0.5) is 11.5 Å². The van der Waals surface area contributed by atoms with Gasteiger partial charge in [-0.05, 0) is 0 Å². The molecule has 0 radical (unpaired) electrons. The molecule has 6 aliphatic rings. The zero-order valence-electron chi connectivity index (χ0n) is 69.5. The van der Waals surface area contributed by atoms with Gasteiger partial charge in [0.2, 0.25) is 0 Å². The third-order valence-electron chi connectivity index (χ3n) is 23.4. The van der Waals surface area contributed by atoms with E-state index in [1.807, 2.05) is 31.0 Å². The number of aryl methyl sites for hydroxylation is 12. The normalized spacial score (nSPS) is 14.8. The fourth-order valence-electron chi connectivity index (χ4n) is 16.8. The minimum absolute atomic E-state index is 0.0305. The standard InChI is InChI=1S/C26H22SeSi.2C16H17NSe.C15H17NSeSi.C14H14N2Se.C14H13NSe/c1-19-11-9-17-23-25(19)27-26-20(2)12-10-18-24(26)28(23,21-13-5-3-6-14-21)22-15-7-4-8-16-22;2*1-10-6-5-7-12-13(10)18-14-11(2)8-9-17-15(14)16(12,3)4;1-10-6-5-7-12-13(10)17-14-11(2)8-9-16-15(14)18(12,3)4;1-9-5-4-6-11-12(9)17-13-10(2)7-8-15-14(13)16(11)3;1-9-4-3-5-11-8-12-14(16-13(9)11)10(2)6-7-15-12/h3-18H,1-2H3;3*5-9H,1-4H3;4-8H,1-3H3;3-7H,8H2,1-2H3. The molecule has 0 atom stereocenters. The second-order valence-corrected chi connectivity index (χ2v) is 53.4. The Morgan fingerprint density at radius 3 is 1.16 bits per heavy atom. The molecule has 6 nitrogen and oxygen atoms in total. The van der Waals surface area contributed by atoms with Gasteiger partial charge in [0.05, 0.1) is 0 Å². The van der Waals surface area contributed by atoms with E-state index in [0.717, 1.165) is 12.2 Å². The van der Waals surface area contributed by atoms with Gasteiger partial charge in [0.15, 0.2) is 0 Å². The van der Waals surface area contributed by atoms with Crippen LogP contribution in [0, 0.1) is 83.1 Å². The Morgan fingerprint density at radius 1 is 0.296 bits per heavy atom. The molecule has 115 heavy (non-hydrogen) atoms. The van der Waals surface area contributed by atoms with Gasteiger partial charge in [0, 0.05) is 0 Å². The number of aromatic nitrogens is 5. The van der Waals surface area contributed by atoms with E-state index in [9.17, 15) is 0 Å². The summed E-state index contributed by atoms with van der Waals surface area (Å²) >= 11 is 2.37. The molecule has 20 rings (SSSR count). The number of rotatable bonds is 2. The SMILES string of the molecule is Cc1cccc2c1[Se]c1c(C)cccc1[Si]2(c1ccccc1)c1ccccc1.Cc1cccc2c1[Se]c1c(C)ccnc1C2.Cc1cccc2c1[Se]c1c(C)ccnc1C2(C)C.Cc1cccc2c1[Se]c1c(C)ccnc1C2(C)C.Cc1cccc2c1[Se]c1c(C)ccnc1N2C.Cc1cccc2c1[Se]c1c(C)ccnc1[Si]2(C)C. The van der Waals surface area contributed by atoms with Crippen LogP contribution in [0.25, 0.3) is 0 Å². The van der Waals surface area contributed by atoms with Gasteiger partial charge in [0.25, 0.3) is 0 Å². The molecule has 0 saturated carbocycles. The number of nitrogens with zero attached hydrogens (tertiary/aromatic N) is 6. The molecular formula is C101H100N6Se6Si2. The molecule has 14 aromatic rings. The van der Waals surface area contributed by atoms with Gasteiger partial charge in [-0.1, -0.05) is 0 Å². The summed E-state index contributed by atoms with van der Waals surface area (Å²) in [5.74, 6) is 1.13. The Balaban J connectivity index is 0.000000110. The molecule has 0 N–H and O–H groups in total. The Labute approximate surface area is 722 Å². The molecule has 6 aliphatic heterocycles. The molecule has 578 valence electrons. The quantitative estimate of drug-likeness (QED) is 0.162. The first-order chi connectivity index (χ1) is 55.2. The zero-order valence-corrected chi connectivity index (χ0v) is 81.8. The first-order valence-electron chi connectivity index (χ1n) is 39.6. The van der Waals surface area contributed by atoms with Crippen LogP contribution in [0.2, 0.25) is 13.1 Å². The summed E-state index contributed by atoms with van der Waals surface area (Å²) in [4.78, 5) is 25.4. The van der Waals surface area contributed by atoms with E-state index in [2.05, 4.69) is 374 Å². The van der Waals surface area contributed by atoms with Crippen molar-refractivity contribution in [3.8, 4) is 0 Å². The molecule has 0 fully saturated rings. The van der Waals surface area contributed by atoms with Gasteiger partial charge in [-0.3, -0.25) is 0 Å². The molecule has 0 spiro atoms. The molecular weight excluding hydrogens is 1830 g/mol. The van der Waals surface area contributed by atoms with E-state index >= 15 is 0 Å². The average molecular weight is 1930 g/mol. The summed E-state index contributed by atoms with van der Waals surface area (Å²) in [6.45, 7) is 40.8. The van der Waals surface area contributed by atoms with E-state index in [0.29, 0.717) is 89.7 Å². The van der Waals surface area contributed by atoms with Crippen LogP contribution in [0.1, 0.15) is 128 Å². The summed E-state index contributed by atoms with van der Waals surface area (Å²) < 4.78 is 18.4. The molecule has 0 aliphatic carbocycles. The Kier molecular flexibility index (Phi) is 24.2. The van der Waals surface area contributed by atoms with Crippen molar-refractivity contribution in [3.05, 3.63) is 350 Å². The third kappa shape index (κ3) is 15.5. The fourth-order valence-corrected chi connectivity index (χ4v) is 46.3. The van der Waals surface area contributed by atoms with Gasteiger partial charge >= 0.3 is 730 Å². The summed E-state index contributed by atoms with van der Waals surface area (Å²) in [5.41, 5.74) is 26.6.